The number of carboxylic acids is 1. The van der Waals surface area contributed by atoms with E-state index < -0.39 is 17.8 Å². The minimum Gasteiger partial charge on any atom is -0.478 e. The van der Waals surface area contributed by atoms with Crippen LogP contribution in [0.5, 0.6) is 0 Å². The van der Waals surface area contributed by atoms with Gasteiger partial charge in [0.05, 0.1) is 11.3 Å². The largest absolute Gasteiger partial charge is 0.478 e. The molecule has 8 heteroatoms. The fourth-order valence-corrected chi connectivity index (χ4v) is 3.76. The summed E-state index contributed by atoms with van der Waals surface area (Å²) in [5.41, 5.74) is 3.21. The summed E-state index contributed by atoms with van der Waals surface area (Å²) in [6.45, 7) is 3.83. The predicted octanol–water partition coefficient (Wildman–Crippen LogP) is 4.09. The van der Waals surface area contributed by atoms with Crippen LogP contribution in [0, 0.1) is 13.8 Å². The molecule has 32 heavy (non-hydrogen) atoms. The molecular formula is C24H18N2O5S. The van der Waals surface area contributed by atoms with Gasteiger partial charge < -0.3 is 9.52 Å². The number of anilines is 1. The van der Waals surface area contributed by atoms with E-state index in [9.17, 15) is 14.4 Å². The van der Waals surface area contributed by atoms with Crippen molar-refractivity contribution in [1.29, 1.82) is 0 Å². The first-order valence-electron chi connectivity index (χ1n) is 9.66. The van der Waals surface area contributed by atoms with Crippen LogP contribution < -0.4 is 10.2 Å². The fraction of sp³-hybridized carbons (Fsp3) is 0.0833. The van der Waals surface area contributed by atoms with E-state index in [1.807, 2.05) is 32.0 Å². The summed E-state index contributed by atoms with van der Waals surface area (Å²) < 4.78 is 5.77. The number of carbonyl (C=O) groups is 3. The number of furan rings is 1. The lowest BCUT2D eigenvalue weighted by molar-refractivity contribution is -0.122. The Morgan fingerprint density at radius 2 is 1.69 bits per heavy atom. The van der Waals surface area contributed by atoms with Crippen LogP contribution in [-0.2, 0) is 9.59 Å². The molecule has 4 rings (SSSR count). The second-order valence-corrected chi connectivity index (χ2v) is 7.77. The minimum absolute atomic E-state index is 0.0146. The Kier molecular flexibility index (Phi) is 5.46. The van der Waals surface area contributed by atoms with Crippen molar-refractivity contribution in [3.8, 4) is 11.3 Å². The van der Waals surface area contributed by atoms with E-state index in [4.69, 9.17) is 21.7 Å². The fourth-order valence-electron chi connectivity index (χ4n) is 3.48. The Morgan fingerprint density at radius 1 is 1.03 bits per heavy atom. The van der Waals surface area contributed by atoms with Gasteiger partial charge in [0.1, 0.15) is 17.1 Å². The van der Waals surface area contributed by atoms with Crippen LogP contribution >= 0.6 is 12.2 Å². The van der Waals surface area contributed by atoms with Crippen molar-refractivity contribution in [1.82, 2.24) is 5.32 Å². The van der Waals surface area contributed by atoms with Crippen molar-refractivity contribution in [2.45, 2.75) is 13.8 Å². The van der Waals surface area contributed by atoms with E-state index in [1.165, 1.54) is 23.1 Å². The quantitative estimate of drug-likeness (QED) is 0.356. The number of nitrogens with one attached hydrogen (secondary N) is 1. The highest BCUT2D eigenvalue weighted by molar-refractivity contribution is 7.80. The maximum Gasteiger partial charge on any atom is 0.335 e. The predicted molar refractivity (Wildman–Crippen MR) is 123 cm³/mol. The zero-order chi connectivity index (χ0) is 23.0. The number of aromatic carboxylic acids is 1. The first-order chi connectivity index (χ1) is 15.2. The third-order valence-corrected chi connectivity index (χ3v) is 5.18. The monoisotopic (exact) mass is 446 g/mol. The smallest absolute Gasteiger partial charge is 0.335 e. The molecule has 2 aromatic carbocycles. The third-order valence-electron chi connectivity index (χ3n) is 4.90. The number of rotatable bonds is 4. The van der Waals surface area contributed by atoms with E-state index >= 15 is 0 Å². The molecule has 1 fully saturated rings. The first-order valence-corrected chi connectivity index (χ1v) is 10.1. The van der Waals surface area contributed by atoms with Crippen molar-refractivity contribution in [3.05, 3.63) is 82.6 Å². The first kappa shape index (κ1) is 21.2. The molecule has 0 atom stereocenters. The van der Waals surface area contributed by atoms with Gasteiger partial charge in [-0.05, 0) is 79.7 Å². The molecule has 2 N–H and O–H groups in total. The Labute approximate surface area is 189 Å². The van der Waals surface area contributed by atoms with E-state index in [2.05, 4.69) is 5.32 Å². The van der Waals surface area contributed by atoms with Gasteiger partial charge in [-0.25, -0.2) is 4.79 Å². The third kappa shape index (κ3) is 4.08. The average molecular weight is 446 g/mol. The number of benzene rings is 2. The van der Waals surface area contributed by atoms with E-state index in [1.54, 1.807) is 24.3 Å². The normalized spacial score (nSPS) is 15.2. The number of hydrogen-bond donors (Lipinski definition) is 2. The lowest BCUT2D eigenvalue weighted by Crippen LogP contribution is -2.54. The number of carboxylic acid groups (broad SMARTS) is 1. The number of carbonyl (C=O) groups excluding carboxylic acids is 2. The number of hydrogen-bond acceptors (Lipinski definition) is 5. The molecule has 0 spiro atoms. The van der Waals surface area contributed by atoms with Crippen LogP contribution in [0.4, 0.5) is 5.69 Å². The van der Waals surface area contributed by atoms with Crippen molar-refractivity contribution in [2.24, 2.45) is 0 Å². The van der Waals surface area contributed by atoms with Crippen molar-refractivity contribution in [3.63, 3.8) is 0 Å². The maximum atomic E-state index is 13.2. The molecule has 1 aromatic heterocycles. The Hall–Kier alpha value is -4.04. The van der Waals surface area contributed by atoms with Crippen LogP contribution in [0.2, 0.25) is 0 Å². The molecule has 2 heterocycles. The number of aryl methyl sites for hydroxylation is 2. The Morgan fingerprint density at radius 3 is 2.31 bits per heavy atom. The van der Waals surface area contributed by atoms with Gasteiger partial charge in [0.25, 0.3) is 11.8 Å². The zero-order valence-electron chi connectivity index (χ0n) is 17.2. The van der Waals surface area contributed by atoms with Crippen LogP contribution in [0.15, 0.2) is 64.6 Å². The lowest BCUT2D eigenvalue weighted by Gasteiger charge is -2.29. The van der Waals surface area contributed by atoms with Gasteiger partial charge in [-0.15, -0.1) is 0 Å². The molecule has 0 bridgehead atoms. The van der Waals surface area contributed by atoms with Crippen molar-refractivity contribution >= 4 is 46.9 Å². The van der Waals surface area contributed by atoms with Gasteiger partial charge >= 0.3 is 5.97 Å². The molecule has 160 valence electrons. The summed E-state index contributed by atoms with van der Waals surface area (Å²) >= 11 is 5.24. The summed E-state index contributed by atoms with van der Waals surface area (Å²) in [6, 6.07) is 15.1. The lowest BCUT2D eigenvalue weighted by atomic mass is 10.1. The van der Waals surface area contributed by atoms with Crippen LogP contribution in [0.3, 0.4) is 0 Å². The summed E-state index contributed by atoms with van der Waals surface area (Å²) in [7, 11) is 0. The summed E-state index contributed by atoms with van der Waals surface area (Å²) in [4.78, 5) is 38.0. The van der Waals surface area contributed by atoms with Crippen LogP contribution in [-0.4, -0.2) is 28.0 Å². The highest BCUT2D eigenvalue weighted by Gasteiger charge is 2.35. The minimum atomic E-state index is -1.02. The molecule has 1 aliphatic rings. The van der Waals surface area contributed by atoms with Gasteiger partial charge in [-0.1, -0.05) is 18.2 Å². The molecule has 0 radical (unpaired) electrons. The van der Waals surface area contributed by atoms with E-state index in [-0.39, 0.29) is 16.2 Å². The number of nitrogens with zero attached hydrogens (tertiary/aromatic N) is 1. The number of thiocarbonyl (C=S) groups is 1. The molecule has 1 aliphatic heterocycles. The van der Waals surface area contributed by atoms with Gasteiger partial charge in [0, 0.05) is 5.56 Å². The van der Waals surface area contributed by atoms with E-state index in [0.717, 1.165) is 11.1 Å². The topological polar surface area (TPSA) is 99.8 Å². The van der Waals surface area contributed by atoms with Gasteiger partial charge in [-0.3, -0.25) is 19.8 Å². The molecular weight excluding hydrogens is 428 g/mol. The molecule has 0 saturated carbocycles. The SMILES string of the molecule is Cc1cc(C)cc(N2C(=O)/C(=C\c3ccc(-c4ccc(C(=O)O)cc4)o3)C(=O)NC2=S)c1. The second-order valence-electron chi connectivity index (χ2n) is 7.39. The molecule has 1 saturated heterocycles. The standard InChI is InChI=1S/C24H18N2O5S/c1-13-9-14(2)11-17(10-13)26-22(28)19(21(27)25-24(26)32)12-18-7-8-20(31-18)15-3-5-16(6-4-15)23(29)30/h3-12H,1-2H3,(H,29,30)(H,25,27,32)/b19-12-. The molecule has 2 amide bonds. The highest BCUT2D eigenvalue weighted by atomic mass is 32.1. The summed E-state index contributed by atoms with van der Waals surface area (Å²) in [5.74, 6) is -1.40. The maximum absolute atomic E-state index is 13.2. The summed E-state index contributed by atoms with van der Waals surface area (Å²) in [6.07, 6.45) is 1.37. The number of amides is 2. The van der Waals surface area contributed by atoms with Crippen LogP contribution in [0.25, 0.3) is 17.4 Å². The molecule has 7 nitrogen and oxygen atoms in total. The Balaban J connectivity index is 1.66. The second kappa shape index (κ2) is 8.24. The molecule has 0 aliphatic carbocycles. The van der Waals surface area contributed by atoms with Gasteiger partial charge in [0.2, 0.25) is 0 Å². The Bertz CT molecular complexity index is 1280. The molecule has 0 unspecified atom stereocenters. The summed E-state index contributed by atoms with van der Waals surface area (Å²) in [5, 5.41) is 11.6. The van der Waals surface area contributed by atoms with Gasteiger partial charge in [-0.2, -0.15) is 0 Å². The van der Waals surface area contributed by atoms with Crippen LogP contribution in [0.1, 0.15) is 27.2 Å². The zero-order valence-corrected chi connectivity index (χ0v) is 18.0. The van der Waals surface area contributed by atoms with Crippen molar-refractivity contribution in [2.75, 3.05) is 4.90 Å². The highest BCUT2D eigenvalue weighted by Crippen LogP contribution is 2.27. The van der Waals surface area contributed by atoms with Gasteiger partial charge in [0.15, 0.2) is 5.11 Å². The van der Waals surface area contributed by atoms with Crippen molar-refractivity contribution < 1.29 is 23.9 Å². The average Bonchev–Trinajstić information content (AvgIpc) is 3.19. The molecule has 3 aromatic rings. The van der Waals surface area contributed by atoms with E-state index in [0.29, 0.717) is 22.8 Å².